The molecule has 2 fully saturated rings. The van der Waals surface area contributed by atoms with Crippen LogP contribution in [-0.4, -0.2) is 33.3 Å². The second-order valence-corrected chi connectivity index (χ2v) is 5.31. The van der Waals surface area contributed by atoms with Crippen molar-refractivity contribution in [1.82, 2.24) is 9.55 Å². The molecule has 0 aromatic carbocycles. The molecule has 1 aromatic rings. The van der Waals surface area contributed by atoms with Gasteiger partial charge in [0.2, 0.25) is 5.91 Å². The number of nitrogens with one attached hydrogen (secondary N) is 1. The zero-order valence-electron chi connectivity index (χ0n) is 11.2. The van der Waals surface area contributed by atoms with E-state index in [0.717, 1.165) is 12.8 Å². The molecule has 1 aliphatic heterocycles. The molecule has 1 saturated heterocycles. The molecule has 0 bridgehead atoms. The third-order valence-corrected chi connectivity index (χ3v) is 3.95. The van der Waals surface area contributed by atoms with Crippen LogP contribution in [0.15, 0.2) is 17.1 Å². The van der Waals surface area contributed by atoms with Gasteiger partial charge in [-0.15, -0.1) is 0 Å². The third-order valence-electron chi connectivity index (χ3n) is 3.95. The molecule has 0 spiro atoms. The molecule has 4 atom stereocenters. The number of aromatic nitrogens is 2. The van der Waals surface area contributed by atoms with Crippen molar-refractivity contribution in [1.29, 1.82) is 0 Å². The lowest BCUT2D eigenvalue weighted by molar-refractivity contribution is -0.114. The van der Waals surface area contributed by atoms with Crippen LogP contribution >= 0.6 is 0 Å². The molecule has 7 heteroatoms. The van der Waals surface area contributed by atoms with Gasteiger partial charge in [-0.1, -0.05) is 0 Å². The van der Waals surface area contributed by atoms with E-state index >= 15 is 0 Å². The van der Waals surface area contributed by atoms with Gasteiger partial charge in [0.1, 0.15) is 12.0 Å². The van der Waals surface area contributed by atoms with Gasteiger partial charge in [-0.05, 0) is 30.7 Å². The first-order valence-electron chi connectivity index (χ1n) is 6.73. The number of amides is 1. The Labute approximate surface area is 115 Å². The van der Waals surface area contributed by atoms with Gasteiger partial charge in [-0.2, -0.15) is 4.98 Å². The minimum atomic E-state index is -0.429. The molecular formula is C13H17N3O4. The maximum absolute atomic E-state index is 11.9. The van der Waals surface area contributed by atoms with Crippen LogP contribution in [0.2, 0.25) is 0 Å². The van der Waals surface area contributed by atoms with Gasteiger partial charge in [0.15, 0.2) is 0 Å². The molecular weight excluding hydrogens is 262 g/mol. The Morgan fingerprint density at radius 3 is 3.00 bits per heavy atom. The highest BCUT2D eigenvalue weighted by Crippen LogP contribution is 2.55. The Morgan fingerprint density at radius 1 is 1.65 bits per heavy atom. The van der Waals surface area contributed by atoms with Gasteiger partial charge in [0, 0.05) is 19.7 Å². The van der Waals surface area contributed by atoms with Crippen LogP contribution in [-0.2, 0) is 9.53 Å². The fraction of sp³-hybridized carbons (Fsp3) is 0.615. The normalized spacial score (nSPS) is 30.9. The Kier molecular flexibility index (Phi) is 3.31. The van der Waals surface area contributed by atoms with E-state index in [-0.39, 0.29) is 30.7 Å². The predicted molar refractivity (Wildman–Crippen MR) is 70.0 cm³/mol. The zero-order valence-corrected chi connectivity index (χ0v) is 11.2. The average molecular weight is 279 g/mol. The molecule has 2 unspecified atom stereocenters. The number of aliphatic hydroxyl groups is 1. The number of fused-ring (bicyclic) bond motifs is 1. The summed E-state index contributed by atoms with van der Waals surface area (Å²) in [5, 5.41) is 11.4. The summed E-state index contributed by atoms with van der Waals surface area (Å²) in [7, 11) is 0. The van der Waals surface area contributed by atoms with E-state index in [1.54, 1.807) is 12.3 Å². The monoisotopic (exact) mass is 279 g/mol. The van der Waals surface area contributed by atoms with Crippen molar-refractivity contribution in [3.63, 3.8) is 0 Å². The van der Waals surface area contributed by atoms with E-state index in [0.29, 0.717) is 11.8 Å². The summed E-state index contributed by atoms with van der Waals surface area (Å²) in [6.07, 6.45) is 3.00. The zero-order chi connectivity index (χ0) is 14.3. The van der Waals surface area contributed by atoms with Crippen LogP contribution in [0.3, 0.4) is 0 Å². The second-order valence-electron chi connectivity index (χ2n) is 5.31. The maximum Gasteiger partial charge on any atom is 0.351 e. The van der Waals surface area contributed by atoms with Crippen LogP contribution < -0.4 is 11.0 Å². The van der Waals surface area contributed by atoms with Crippen molar-refractivity contribution in [2.75, 3.05) is 11.9 Å². The summed E-state index contributed by atoms with van der Waals surface area (Å²) in [6.45, 7) is 1.54. The summed E-state index contributed by atoms with van der Waals surface area (Å²) in [6, 6.07) is 1.58. The van der Waals surface area contributed by atoms with Crippen molar-refractivity contribution in [3.05, 3.63) is 22.7 Å². The smallest absolute Gasteiger partial charge is 0.351 e. The lowest BCUT2D eigenvalue weighted by Crippen LogP contribution is -2.28. The quantitative estimate of drug-likeness (QED) is 0.816. The van der Waals surface area contributed by atoms with Gasteiger partial charge in [-0.3, -0.25) is 9.36 Å². The fourth-order valence-electron chi connectivity index (χ4n) is 2.98. The summed E-state index contributed by atoms with van der Waals surface area (Å²) in [5.74, 6) is 0.854. The highest BCUT2D eigenvalue weighted by atomic mass is 16.5. The number of carbonyl (C=O) groups is 1. The van der Waals surface area contributed by atoms with Gasteiger partial charge in [0.25, 0.3) is 0 Å². The SMILES string of the molecule is CC(=O)Nc1ccn([C@H]2CC3C(CCO)[C@@H]3O2)c(=O)n1. The Morgan fingerprint density at radius 2 is 2.45 bits per heavy atom. The second kappa shape index (κ2) is 4.99. The Hall–Kier alpha value is -1.73. The van der Waals surface area contributed by atoms with Crippen LogP contribution in [0, 0.1) is 11.8 Å². The lowest BCUT2D eigenvalue weighted by atomic mass is 10.2. The van der Waals surface area contributed by atoms with Gasteiger partial charge in [-0.25, -0.2) is 4.79 Å². The number of anilines is 1. The Balaban J connectivity index is 1.68. The van der Waals surface area contributed by atoms with E-state index in [1.807, 2.05) is 0 Å². The molecule has 1 saturated carbocycles. The summed E-state index contributed by atoms with van der Waals surface area (Å²) < 4.78 is 7.26. The fourth-order valence-corrected chi connectivity index (χ4v) is 2.98. The molecule has 1 aliphatic carbocycles. The molecule has 1 amide bonds. The summed E-state index contributed by atoms with van der Waals surface area (Å²) in [4.78, 5) is 26.6. The summed E-state index contributed by atoms with van der Waals surface area (Å²) >= 11 is 0. The standard InChI is InChI=1S/C13H17N3O4/c1-7(18)14-10-2-4-16(13(19)15-10)11-6-9-8(3-5-17)12(9)20-11/h2,4,8-9,11-12,17H,3,5-6H2,1H3,(H,14,15,18,19)/t8?,9?,11-,12+/m1/s1. The molecule has 2 aliphatic rings. The van der Waals surface area contributed by atoms with Crippen LogP contribution in [0.5, 0.6) is 0 Å². The molecule has 1 aromatic heterocycles. The first kappa shape index (κ1) is 13.3. The minimum absolute atomic E-state index is 0.161. The molecule has 108 valence electrons. The van der Waals surface area contributed by atoms with Crippen molar-refractivity contribution in [2.45, 2.75) is 32.1 Å². The summed E-state index contributed by atoms with van der Waals surface area (Å²) in [5.41, 5.74) is -0.429. The Bertz CT molecular complexity index is 573. The van der Waals surface area contributed by atoms with Crippen LogP contribution in [0.25, 0.3) is 0 Å². The minimum Gasteiger partial charge on any atom is -0.396 e. The van der Waals surface area contributed by atoms with E-state index in [2.05, 4.69) is 10.3 Å². The first-order chi connectivity index (χ1) is 9.60. The number of hydrogen-bond donors (Lipinski definition) is 2. The number of aliphatic hydroxyl groups excluding tert-OH is 1. The van der Waals surface area contributed by atoms with Crippen molar-refractivity contribution < 1.29 is 14.6 Å². The first-order valence-corrected chi connectivity index (χ1v) is 6.73. The van der Waals surface area contributed by atoms with Crippen molar-refractivity contribution in [2.24, 2.45) is 11.8 Å². The van der Waals surface area contributed by atoms with E-state index in [1.165, 1.54) is 11.5 Å². The number of rotatable bonds is 4. The molecule has 0 radical (unpaired) electrons. The molecule has 2 N–H and O–H groups in total. The highest BCUT2D eigenvalue weighted by molar-refractivity contribution is 5.87. The van der Waals surface area contributed by atoms with Gasteiger partial charge in [0.05, 0.1) is 6.10 Å². The van der Waals surface area contributed by atoms with Gasteiger partial charge >= 0.3 is 5.69 Å². The molecule has 7 nitrogen and oxygen atoms in total. The predicted octanol–water partition coefficient (Wildman–Crippen LogP) is 0.118. The number of nitrogens with zero attached hydrogens (tertiary/aromatic N) is 2. The number of ether oxygens (including phenoxy) is 1. The van der Waals surface area contributed by atoms with Crippen LogP contribution in [0.1, 0.15) is 26.0 Å². The number of hydrogen-bond acceptors (Lipinski definition) is 5. The third kappa shape index (κ3) is 2.34. The average Bonchev–Trinajstić information content (AvgIpc) is 2.83. The topological polar surface area (TPSA) is 93.5 Å². The largest absolute Gasteiger partial charge is 0.396 e. The van der Waals surface area contributed by atoms with E-state index < -0.39 is 5.69 Å². The van der Waals surface area contributed by atoms with Gasteiger partial charge < -0.3 is 15.2 Å². The van der Waals surface area contributed by atoms with Crippen molar-refractivity contribution in [3.8, 4) is 0 Å². The van der Waals surface area contributed by atoms with E-state index in [9.17, 15) is 9.59 Å². The molecule has 2 heterocycles. The molecule has 20 heavy (non-hydrogen) atoms. The molecule has 3 rings (SSSR count). The lowest BCUT2D eigenvalue weighted by Gasteiger charge is -2.17. The van der Waals surface area contributed by atoms with E-state index in [4.69, 9.17) is 9.84 Å². The highest BCUT2D eigenvalue weighted by Gasteiger charge is 2.57. The van der Waals surface area contributed by atoms with Crippen molar-refractivity contribution >= 4 is 11.7 Å². The number of carbonyl (C=O) groups excluding carboxylic acids is 1. The van der Waals surface area contributed by atoms with Crippen LogP contribution in [0.4, 0.5) is 5.82 Å². The maximum atomic E-state index is 11.9.